The third-order valence-electron chi connectivity index (χ3n) is 3.09. The van der Waals surface area contributed by atoms with E-state index in [1.54, 1.807) is 0 Å². The molecule has 0 saturated heterocycles. The van der Waals surface area contributed by atoms with Gasteiger partial charge in [-0.1, -0.05) is 20.8 Å². The standard InChI is InChI=1S/C12H27N3/c1-12(2,3)11(13)9-15-7-6-14-8-10-4-5-10/h10-11,14-15H,4-9,13H2,1-3H3/t11-/m1/s1. The first-order valence-electron chi connectivity index (χ1n) is 6.17. The zero-order valence-electron chi connectivity index (χ0n) is 10.5. The molecule has 3 nitrogen and oxygen atoms in total. The molecule has 0 radical (unpaired) electrons. The molecule has 4 N–H and O–H groups in total. The fourth-order valence-corrected chi connectivity index (χ4v) is 1.37. The minimum atomic E-state index is 0.203. The Balaban J connectivity index is 1.87. The summed E-state index contributed by atoms with van der Waals surface area (Å²) in [5.41, 5.74) is 6.24. The van der Waals surface area contributed by atoms with Crippen molar-refractivity contribution in [3.63, 3.8) is 0 Å². The summed E-state index contributed by atoms with van der Waals surface area (Å²) in [6.07, 6.45) is 2.85. The minimum absolute atomic E-state index is 0.203. The lowest BCUT2D eigenvalue weighted by Crippen LogP contribution is -2.44. The van der Waals surface area contributed by atoms with Gasteiger partial charge in [-0.3, -0.25) is 0 Å². The number of hydrogen-bond donors (Lipinski definition) is 3. The molecule has 1 rings (SSSR count). The largest absolute Gasteiger partial charge is 0.326 e. The first-order chi connectivity index (χ1) is 7.00. The summed E-state index contributed by atoms with van der Waals surface area (Å²) in [4.78, 5) is 0. The van der Waals surface area contributed by atoms with Crippen molar-refractivity contribution in [1.82, 2.24) is 10.6 Å². The normalized spacial score (nSPS) is 19.2. The molecule has 0 aromatic rings. The Morgan fingerprint density at radius 2 is 1.80 bits per heavy atom. The number of nitrogens with two attached hydrogens (primary N) is 1. The van der Waals surface area contributed by atoms with Gasteiger partial charge in [0.2, 0.25) is 0 Å². The van der Waals surface area contributed by atoms with Gasteiger partial charge in [0.05, 0.1) is 0 Å². The van der Waals surface area contributed by atoms with Crippen LogP contribution in [0.2, 0.25) is 0 Å². The third kappa shape index (κ3) is 6.13. The van der Waals surface area contributed by atoms with Crippen molar-refractivity contribution in [3.8, 4) is 0 Å². The van der Waals surface area contributed by atoms with Crippen LogP contribution in [0.3, 0.4) is 0 Å². The summed E-state index contributed by atoms with van der Waals surface area (Å²) in [7, 11) is 0. The maximum Gasteiger partial charge on any atom is 0.0214 e. The third-order valence-corrected chi connectivity index (χ3v) is 3.09. The molecule has 0 amide bonds. The quantitative estimate of drug-likeness (QED) is 0.552. The Kier molecular flexibility index (Phi) is 5.03. The summed E-state index contributed by atoms with van der Waals surface area (Å²) in [5, 5.41) is 6.85. The van der Waals surface area contributed by atoms with Gasteiger partial charge in [0.1, 0.15) is 0 Å². The van der Waals surface area contributed by atoms with Crippen LogP contribution in [0.1, 0.15) is 33.6 Å². The molecule has 1 saturated carbocycles. The summed E-state index contributed by atoms with van der Waals surface area (Å²) in [6.45, 7) is 10.8. The van der Waals surface area contributed by atoms with E-state index in [-0.39, 0.29) is 11.5 Å². The maximum atomic E-state index is 6.04. The van der Waals surface area contributed by atoms with Crippen LogP contribution < -0.4 is 16.4 Å². The van der Waals surface area contributed by atoms with Gasteiger partial charge in [0.25, 0.3) is 0 Å². The van der Waals surface area contributed by atoms with Crippen molar-refractivity contribution in [2.75, 3.05) is 26.2 Å². The van der Waals surface area contributed by atoms with E-state index in [4.69, 9.17) is 5.73 Å². The molecule has 0 aromatic heterocycles. The Morgan fingerprint density at radius 1 is 1.20 bits per heavy atom. The van der Waals surface area contributed by atoms with Crippen LogP contribution in [0.5, 0.6) is 0 Å². The van der Waals surface area contributed by atoms with Gasteiger partial charge in [-0.25, -0.2) is 0 Å². The van der Waals surface area contributed by atoms with Crippen molar-refractivity contribution in [1.29, 1.82) is 0 Å². The van der Waals surface area contributed by atoms with Crippen LogP contribution in [-0.2, 0) is 0 Å². The van der Waals surface area contributed by atoms with E-state index in [9.17, 15) is 0 Å². The first-order valence-corrected chi connectivity index (χ1v) is 6.17. The Labute approximate surface area is 94.2 Å². The van der Waals surface area contributed by atoms with Crippen molar-refractivity contribution in [2.24, 2.45) is 17.1 Å². The second kappa shape index (κ2) is 5.83. The predicted octanol–water partition coefficient (Wildman–Crippen LogP) is 0.949. The van der Waals surface area contributed by atoms with Crippen LogP contribution in [-0.4, -0.2) is 32.2 Å². The summed E-state index contributed by atoms with van der Waals surface area (Å²) in [5.74, 6) is 0.974. The van der Waals surface area contributed by atoms with Crippen LogP contribution in [0.15, 0.2) is 0 Å². The molecule has 1 atom stereocenters. The lowest BCUT2D eigenvalue weighted by molar-refractivity contribution is 0.309. The van der Waals surface area contributed by atoms with Gasteiger partial charge >= 0.3 is 0 Å². The second-order valence-electron chi connectivity index (χ2n) is 5.82. The minimum Gasteiger partial charge on any atom is -0.326 e. The van der Waals surface area contributed by atoms with Crippen molar-refractivity contribution in [3.05, 3.63) is 0 Å². The molecule has 0 bridgehead atoms. The molecular formula is C12H27N3. The molecule has 1 fully saturated rings. The van der Waals surface area contributed by atoms with Crippen molar-refractivity contribution < 1.29 is 0 Å². The number of rotatable bonds is 7. The molecule has 0 aliphatic heterocycles. The first kappa shape index (κ1) is 12.9. The number of nitrogens with one attached hydrogen (secondary N) is 2. The van der Waals surface area contributed by atoms with Crippen LogP contribution in [0.25, 0.3) is 0 Å². The molecule has 0 heterocycles. The molecular weight excluding hydrogens is 186 g/mol. The van der Waals surface area contributed by atoms with Crippen LogP contribution in [0.4, 0.5) is 0 Å². The molecule has 1 aliphatic rings. The van der Waals surface area contributed by atoms with E-state index in [0.717, 1.165) is 25.6 Å². The molecule has 15 heavy (non-hydrogen) atoms. The molecule has 0 spiro atoms. The van der Waals surface area contributed by atoms with Crippen molar-refractivity contribution >= 4 is 0 Å². The lowest BCUT2D eigenvalue weighted by atomic mass is 9.87. The Bertz CT molecular complexity index is 170. The SMILES string of the molecule is CC(C)(C)[C@H](N)CNCCNCC1CC1. The zero-order valence-corrected chi connectivity index (χ0v) is 10.5. The summed E-state index contributed by atoms with van der Waals surface area (Å²) < 4.78 is 0. The smallest absolute Gasteiger partial charge is 0.0214 e. The van der Waals surface area contributed by atoms with Gasteiger partial charge in [-0.2, -0.15) is 0 Å². The molecule has 1 aliphatic carbocycles. The van der Waals surface area contributed by atoms with Gasteiger partial charge < -0.3 is 16.4 Å². The lowest BCUT2D eigenvalue weighted by Gasteiger charge is -2.27. The van der Waals surface area contributed by atoms with E-state index >= 15 is 0 Å². The van der Waals surface area contributed by atoms with E-state index in [2.05, 4.69) is 31.4 Å². The topological polar surface area (TPSA) is 50.1 Å². The monoisotopic (exact) mass is 213 g/mol. The fraction of sp³-hybridized carbons (Fsp3) is 1.00. The van der Waals surface area contributed by atoms with Gasteiger partial charge in [0.15, 0.2) is 0 Å². The molecule has 0 aromatic carbocycles. The van der Waals surface area contributed by atoms with Gasteiger partial charge in [0, 0.05) is 25.7 Å². The summed E-state index contributed by atoms with van der Waals surface area (Å²) in [6, 6.07) is 0.237. The number of hydrogen-bond acceptors (Lipinski definition) is 3. The molecule has 0 unspecified atom stereocenters. The Morgan fingerprint density at radius 3 is 2.33 bits per heavy atom. The zero-order chi connectivity index (χ0) is 11.3. The average molecular weight is 213 g/mol. The average Bonchev–Trinajstić information content (AvgIpc) is 2.92. The summed E-state index contributed by atoms with van der Waals surface area (Å²) >= 11 is 0. The predicted molar refractivity (Wildman–Crippen MR) is 65.9 cm³/mol. The van der Waals surface area contributed by atoms with E-state index in [1.165, 1.54) is 19.4 Å². The van der Waals surface area contributed by atoms with E-state index in [1.807, 2.05) is 0 Å². The highest BCUT2D eigenvalue weighted by atomic mass is 15.0. The van der Waals surface area contributed by atoms with E-state index < -0.39 is 0 Å². The van der Waals surface area contributed by atoms with Crippen LogP contribution in [0, 0.1) is 11.3 Å². The van der Waals surface area contributed by atoms with Gasteiger partial charge in [-0.15, -0.1) is 0 Å². The highest BCUT2D eigenvalue weighted by Gasteiger charge is 2.20. The Hall–Kier alpha value is -0.120. The highest BCUT2D eigenvalue weighted by Crippen LogP contribution is 2.27. The maximum absolute atomic E-state index is 6.04. The fourth-order valence-electron chi connectivity index (χ4n) is 1.37. The van der Waals surface area contributed by atoms with Crippen LogP contribution >= 0.6 is 0 Å². The molecule has 90 valence electrons. The van der Waals surface area contributed by atoms with Gasteiger partial charge in [-0.05, 0) is 30.7 Å². The molecule has 3 heteroatoms. The highest BCUT2D eigenvalue weighted by molar-refractivity contribution is 4.79. The second-order valence-corrected chi connectivity index (χ2v) is 5.82. The van der Waals surface area contributed by atoms with Crippen molar-refractivity contribution in [2.45, 2.75) is 39.7 Å². The van der Waals surface area contributed by atoms with E-state index in [0.29, 0.717) is 0 Å².